The first kappa shape index (κ1) is 18.0. The predicted molar refractivity (Wildman–Crippen MR) is 105 cm³/mol. The van der Waals surface area contributed by atoms with Crippen LogP contribution in [-0.2, 0) is 9.53 Å². The van der Waals surface area contributed by atoms with Gasteiger partial charge in [0.05, 0.1) is 18.7 Å². The molecular weight excluding hydrogens is 340 g/mol. The molecule has 3 aliphatic heterocycles. The third-order valence-corrected chi connectivity index (χ3v) is 6.09. The highest BCUT2D eigenvalue weighted by Gasteiger charge is 2.44. The Balaban J connectivity index is 1.76. The number of fused-ring (bicyclic) bond motifs is 4. The van der Waals surface area contributed by atoms with Gasteiger partial charge in [0.1, 0.15) is 11.9 Å². The number of carbonyl (C=O) groups excluding carboxylic acids is 1. The molecule has 5 atom stereocenters. The number of methoxy groups -OCH3 is 1. The lowest BCUT2D eigenvalue weighted by Gasteiger charge is -2.51. The van der Waals surface area contributed by atoms with Crippen LogP contribution in [0.4, 0.5) is 0 Å². The number of ether oxygens (including phenoxy) is 2. The summed E-state index contributed by atoms with van der Waals surface area (Å²) in [5.74, 6) is 1.66. The van der Waals surface area contributed by atoms with E-state index in [0.29, 0.717) is 11.8 Å². The van der Waals surface area contributed by atoms with E-state index in [1.807, 2.05) is 24.3 Å². The molecule has 3 fully saturated rings. The molecule has 27 heavy (non-hydrogen) atoms. The molecule has 5 rings (SSSR count). The summed E-state index contributed by atoms with van der Waals surface area (Å²) in [7, 11) is 1.65. The number of nitrogens with zero attached hydrogens (tertiary/aromatic N) is 2. The quantitative estimate of drug-likeness (QED) is 0.596. The Morgan fingerprint density at radius 3 is 2.93 bits per heavy atom. The van der Waals surface area contributed by atoms with Crippen molar-refractivity contribution in [2.75, 3.05) is 20.2 Å². The first-order valence-corrected chi connectivity index (χ1v) is 9.57. The van der Waals surface area contributed by atoms with Gasteiger partial charge in [-0.05, 0) is 55.5 Å². The van der Waals surface area contributed by atoms with Crippen LogP contribution in [0.2, 0.25) is 0 Å². The average Bonchev–Trinajstić information content (AvgIpc) is 2.71. The van der Waals surface area contributed by atoms with Crippen molar-refractivity contribution in [2.24, 2.45) is 11.8 Å². The summed E-state index contributed by atoms with van der Waals surface area (Å²) in [6.45, 7) is 7.53. The summed E-state index contributed by atoms with van der Waals surface area (Å²) in [6, 6.07) is 7.99. The van der Waals surface area contributed by atoms with E-state index in [2.05, 4.69) is 22.5 Å². The molecule has 4 unspecified atom stereocenters. The van der Waals surface area contributed by atoms with Crippen LogP contribution in [0.25, 0.3) is 10.9 Å². The van der Waals surface area contributed by atoms with E-state index in [0.717, 1.165) is 41.7 Å². The maximum absolute atomic E-state index is 12.0. The Kier molecular flexibility index (Phi) is 4.87. The number of rotatable bonds is 5. The van der Waals surface area contributed by atoms with Crippen molar-refractivity contribution in [3.8, 4) is 5.75 Å². The van der Waals surface area contributed by atoms with Crippen LogP contribution >= 0.6 is 0 Å². The Labute approximate surface area is 160 Å². The molecule has 3 aliphatic rings. The molecule has 0 N–H and O–H groups in total. The topological polar surface area (TPSA) is 51.7 Å². The highest BCUT2D eigenvalue weighted by Crippen LogP contribution is 2.43. The molecule has 3 saturated heterocycles. The van der Waals surface area contributed by atoms with Gasteiger partial charge < -0.3 is 9.47 Å². The third kappa shape index (κ3) is 3.32. The molecule has 4 heterocycles. The zero-order chi connectivity index (χ0) is 19.0. The standard InChI is InChI=1S/C22H26N2O3/c1-4-15-13-24-10-8-16(15)11-21(24)22(27-14(2)25)18-7-9-23-20-6-5-17(26-3)12-19(18)20/h4-7,9,12,15-16,21-22H,1,8,10-11,13H2,2-3H3/t15?,16?,21-,22?/m0/s1. The van der Waals surface area contributed by atoms with Gasteiger partial charge in [-0.2, -0.15) is 0 Å². The summed E-state index contributed by atoms with van der Waals surface area (Å²) in [4.78, 5) is 18.9. The van der Waals surface area contributed by atoms with E-state index in [4.69, 9.17) is 9.47 Å². The van der Waals surface area contributed by atoms with Gasteiger partial charge in [0.2, 0.25) is 0 Å². The average molecular weight is 366 g/mol. The van der Waals surface area contributed by atoms with Crippen molar-refractivity contribution in [1.29, 1.82) is 0 Å². The largest absolute Gasteiger partial charge is 0.497 e. The number of hydrogen-bond donors (Lipinski definition) is 0. The van der Waals surface area contributed by atoms with Crippen molar-refractivity contribution in [3.05, 3.63) is 48.7 Å². The fourth-order valence-corrected chi connectivity index (χ4v) is 4.74. The molecule has 2 aromatic rings. The lowest BCUT2D eigenvalue weighted by atomic mass is 9.73. The maximum Gasteiger partial charge on any atom is 0.303 e. The van der Waals surface area contributed by atoms with Crippen molar-refractivity contribution < 1.29 is 14.3 Å². The Hall–Kier alpha value is -2.40. The Morgan fingerprint density at radius 2 is 2.26 bits per heavy atom. The van der Waals surface area contributed by atoms with Gasteiger partial charge >= 0.3 is 5.97 Å². The molecule has 0 saturated carbocycles. The van der Waals surface area contributed by atoms with Crippen LogP contribution in [0.1, 0.15) is 31.4 Å². The highest BCUT2D eigenvalue weighted by atomic mass is 16.5. The van der Waals surface area contributed by atoms with Crippen LogP contribution in [0.5, 0.6) is 5.75 Å². The van der Waals surface area contributed by atoms with Crippen LogP contribution in [0, 0.1) is 11.8 Å². The SMILES string of the molecule is C=CC1CN2CCC1C[C@H]2C(OC(C)=O)c1ccnc2ccc(OC)cc12. The summed E-state index contributed by atoms with van der Waals surface area (Å²) in [5, 5.41) is 0.978. The van der Waals surface area contributed by atoms with E-state index in [1.165, 1.54) is 13.3 Å². The minimum atomic E-state index is -0.311. The zero-order valence-electron chi connectivity index (χ0n) is 15.9. The normalized spacial score (nSPS) is 27.9. The maximum atomic E-state index is 12.0. The fraction of sp³-hybridized carbons (Fsp3) is 0.455. The van der Waals surface area contributed by atoms with Crippen molar-refractivity contribution in [2.45, 2.75) is 31.9 Å². The lowest BCUT2D eigenvalue weighted by Crippen LogP contribution is -2.55. The van der Waals surface area contributed by atoms with E-state index in [9.17, 15) is 4.79 Å². The number of aromatic nitrogens is 1. The number of piperidine rings is 3. The lowest BCUT2D eigenvalue weighted by molar-refractivity contribution is -0.154. The number of benzene rings is 1. The van der Waals surface area contributed by atoms with E-state index in [1.54, 1.807) is 13.3 Å². The van der Waals surface area contributed by atoms with Crippen molar-refractivity contribution in [1.82, 2.24) is 9.88 Å². The number of esters is 1. The summed E-state index contributed by atoms with van der Waals surface area (Å²) in [5.41, 5.74) is 1.88. The third-order valence-electron chi connectivity index (χ3n) is 6.09. The molecule has 1 aromatic carbocycles. The Morgan fingerprint density at radius 1 is 1.41 bits per heavy atom. The van der Waals surface area contributed by atoms with Gasteiger partial charge in [0.15, 0.2) is 0 Å². The monoisotopic (exact) mass is 366 g/mol. The number of hydrogen-bond acceptors (Lipinski definition) is 5. The smallest absolute Gasteiger partial charge is 0.303 e. The van der Waals surface area contributed by atoms with Crippen LogP contribution in [0.15, 0.2) is 43.1 Å². The minimum Gasteiger partial charge on any atom is -0.497 e. The van der Waals surface area contributed by atoms with E-state index >= 15 is 0 Å². The molecule has 0 spiro atoms. The molecular formula is C22H26N2O3. The van der Waals surface area contributed by atoms with Gasteiger partial charge in [-0.3, -0.25) is 14.7 Å². The second-order valence-electron chi connectivity index (χ2n) is 7.56. The second kappa shape index (κ2) is 7.31. The van der Waals surface area contributed by atoms with Gasteiger partial charge in [-0.1, -0.05) is 6.08 Å². The summed E-state index contributed by atoms with van der Waals surface area (Å²) >= 11 is 0. The molecule has 0 aliphatic carbocycles. The van der Waals surface area contributed by atoms with Crippen LogP contribution < -0.4 is 4.74 Å². The minimum absolute atomic E-state index is 0.181. The summed E-state index contributed by atoms with van der Waals surface area (Å²) in [6.07, 6.45) is 5.77. The molecule has 142 valence electrons. The molecule has 2 bridgehead atoms. The van der Waals surface area contributed by atoms with Crippen molar-refractivity contribution >= 4 is 16.9 Å². The molecule has 1 aromatic heterocycles. The molecule has 0 radical (unpaired) electrons. The predicted octanol–water partition coefficient (Wildman–Crippen LogP) is 3.74. The zero-order valence-corrected chi connectivity index (χ0v) is 15.9. The van der Waals surface area contributed by atoms with Crippen LogP contribution in [0.3, 0.4) is 0 Å². The first-order chi connectivity index (χ1) is 13.1. The highest BCUT2D eigenvalue weighted by molar-refractivity contribution is 5.84. The molecule has 0 amide bonds. The Bertz CT molecular complexity index is 866. The van der Waals surface area contributed by atoms with Gasteiger partial charge in [-0.15, -0.1) is 6.58 Å². The molecule has 5 heteroatoms. The first-order valence-electron chi connectivity index (χ1n) is 9.57. The van der Waals surface area contributed by atoms with Gasteiger partial charge in [0.25, 0.3) is 0 Å². The van der Waals surface area contributed by atoms with Gasteiger partial charge in [-0.25, -0.2) is 0 Å². The van der Waals surface area contributed by atoms with Gasteiger partial charge in [0, 0.05) is 30.6 Å². The van der Waals surface area contributed by atoms with Crippen molar-refractivity contribution in [3.63, 3.8) is 0 Å². The summed E-state index contributed by atoms with van der Waals surface area (Å²) < 4.78 is 11.3. The number of pyridine rings is 1. The van der Waals surface area contributed by atoms with E-state index < -0.39 is 0 Å². The van der Waals surface area contributed by atoms with E-state index in [-0.39, 0.29) is 18.1 Å². The molecule has 5 nitrogen and oxygen atoms in total. The number of carbonyl (C=O) groups is 1. The second-order valence-corrected chi connectivity index (χ2v) is 7.56. The fourth-order valence-electron chi connectivity index (χ4n) is 4.74. The van der Waals surface area contributed by atoms with Crippen LogP contribution in [-0.4, -0.2) is 42.1 Å².